The predicted octanol–water partition coefficient (Wildman–Crippen LogP) is 7.22. The first-order valence-electron chi connectivity index (χ1n) is 10.8. The lowest BCUT2D eigenvalue weighted by molar-refractivity contribution is -0.251. The lowest BCUT2D eigenvalue weighted by atomic mass is 9.77. The molecule has 1 aliphatic rings. The van der Waals surface area contributed by atoms with E-state index >= 15 is 0 Å². The van der Waals surface area contributed by atoms with Crippen LogP contribution in [-0.4, -0.2) is 6.61 Å². The first-order valence-corrected chi connectivity index (χ1v) is 10.8. The Morgan fingerprint density at radius 2 is 1.65 bits per heavy atom. The quantitative estimate of drug-likeness (QED) is 0.412. The molecule has 166 valence electrons. The van der Waals surface area contributed by atoms with Crippen molar-refractivity contribution in [3.63, 3.8) is 0 Å². The molecule has 0 unspecified atom stereocenters. The monoisotopic (exact) mass is 433 g/mol. The molecule has 0 amide bonds. The number of nitrogens with zero attached hydrogens (tertiary/aromatic N) is 1. The highest BCUT2D eigenvalue weighted by atomic mass is 19.3. The largest absolute Gasteiger partial charge is 0.389 e. The number of hydrogen-bond acceptors (Lipinski definition) is 2. The second-order valence-corrected chi connectivity index (χ2v) is 8.29. The van der Waals surface area contributed by atoms with Crippen molar-refractivity contribution < 1.29 is 22.3 Å². The Kier molecular flexibility index (Phi) is 7.72. The number of rotatable bonds is 8. The Labute approximate surface area is 180 Å². The van der Waals surface area contributed by atoms with E-state index in [1.54, 1.807) is 24.3 Å². The fourth-order valence-corrected chi connectivity index (χ4v) is 4.41. The van der Waals surface area contributed by atoms with Gasteiger partial charge in [-0.05, 0) is 79.3 Å². The van der Waals surface area contributed by atoms with Crippen molar-refractivity contribution in [3.05, 3.63) is 70.3 Å². The van der Waals surface area contributed by atoms with E-state index in [0.29, 0.717) is 22.6 Å². The summed E-state index contributed by atoms with van der Waals surface area (Å²) in [5.74, 6) is -1.90. The van der Waals surface area contributed by atoms with Gasteiger partial charge in [0.1, 0.15) is 17.2 Å². The van der Waals surface area contributed by atoms with E-state index in [2.05, 4.69) is 11.7 Å². The van der Waals surface area contributed by atoms with E-state index < -0.39 is 29.9 Å². The maximum atomic E-state index is 14.6. The van der Waals surface area contributed by atoms with Gasteiger partial charge in [-0.15, -0.1) is 0 Å². The van der Waals surface area contributed by atoms with Gasteiger partial charge in [0, 0.05) is 0 Å². The van der Waals surface area contributed by atoms with Crippen LogP contribution < -0.4 is 0 Å². The molecule has 0 atom stereocenters. The zero-order valence-corrected chi connectivity index (χ0v) is 17.6. The molecule has 3 rings (SSSR count). The van der Waals surface area contributed by atoms with E-state index in [9.17, 15) is 17.6 Å². The van der Waals surface area contributed by atoms with E-state index in [4.69, 9.17) is 5.26 Å². The molecule has 0 bridgehead atoms. The molecule has 2 aromatic rings. The van der Waals surface area contributed by atoms with Crippen molar-refractivity contribution in [1.82, 2.24) is 0 Å². The van der Waals surface area contributed by atoms with Crippen LogP contribution in [0.2, 0.25) is 0 Å². The third-order valence-corrected chi connectivity index (χ3v) is 6.13. The molecule has 0 N–H and O–H groups in total. The van der Waals surface area contributed by atoms with Gasteiger partial charge in [0.15, 0.2) is 0 Å². The fraction of sp³-hybridized carbons (Fsp3) is 0.480. The second kappa shape index (κ2) is 10.3. The molecule has 0 saturated heterocycles. The van der Waals surface area contributed by atoms with Gasteiger partial charge in [0.05, 0.1) is 18.2 Å². The van der Waals surface area contributed by atoms with Crippen LogP contribution in [0.4, 0.5) is 17.6 Å². The minimum absolute atomic E-state index is 0.00270. The Balaban J connectivity index is 1.64. The summed E-state index contributed by atoms with van der Waals surface area (Å²) >= 11 is 0. The molecule has 0 spiro atoms. The van der Waals surface area contributed by atoms with E-state index in [1.807, 2.05) is 6.07 Å². The van der Waals surface area contributed by atoms with Gasteiger partial charge in [-0.1, -0.05) is 31.9 Å². The number of alkyl halides is 2. The van der Waals surface area contributed by atoms with Crippen molar-refractivity contribution in [3.8, 4) is 6.07 Å². The fourth-order valence-electron chi connectivity index (χ4n) is 4.41. The first kappa shape index (κ1) is 23.3. The summed E-state index contributed by atoms with van der Waals surface area (Å²) in [5.41, 5.74) is 0.251. The summed E-state index contributed by atoms with van der Waals surface area (Å²) in [6.07, 6.45) is 1.96. The maximum Gasteiger partial charge on any atom is 0.389 e. The number of hydrogen-bond donors (Lipinski definition) is 0. The Morgan fingerprint density at radius 3 is 2.19 bits per heavy atom. The van der Waals surface area contributed by atoms with Crippen LogP contribution in [0.25, 0.3) is 0 Å². The summed E-state index contributed by atoms with van der Waals surface area (Å²) in [4.78, 5) is 0. The summed E-state index contributed by atoms with van der Waals surface area (Å²) in [5, 5.41) is 8.78. The number of halogens is 4. The van der Waals surface area contributed by atoms with E-state index in [1.165, 1.54) is 0 Å². The topological polar surface area (TPSA) is 33.0 Å². The SMILES string of the molecule is CCC[C@H]1CC[C@H](c2cc(F)c(C(F)(F)OCCc3ccc(C#N)cc3)c(F)c2)CC1. The van der Waals surface area contributed by atoms with Gasteiger partial charge in [-0.2, -0.15) is 14.0 Å². The molecule has 0 heterocycles. The van der Waals surface area contributed by atoms with Crippen LogP contribution in [0, 0.1) is 28.9 Å². The molecule has 1 aliphatic carbocycles. The lowest BCUT2D eigenvalue weighted by Crippen LogP contribution is -2.24. The Bertz CT molecular complexity index is 889. The predicted molar refractivity (Wildman–Crippen MR) is 111 cm³/mol. The Morgan fingerprint density at radius 1 is 1.03 bits per heavy atom. The molecule has 1 fully saturated rings. The smallest absolute Gasteiger partial charge is 0.316 e. The zero-order chi connectivity index (χ0) is 22.4. The van der Waals surface area contributed by atoms with Crippen molar-refractivity contribution in [1.29, 1.82) is 5.26 Å². The normalized spacial score (nSPS) is 19.2. The van der Waals surface area contributed by atoms with Crippen LogP contribution in [-0.2, 0) is 17.3 Å². The van der Waals surface area contributed by atoms with Gasteiger partial charge in [0.2, 0.25) is 0 Å². The molecule has 0 radical (unpaired) electrons. The number of benzene rings is 2. The highest BCUT2D eigenvalue weighted by Gasteiger charge is 2.40. The van der Waals surface area contributed by atoms with Crippen LogP contribution in [0.15, 0.2) is 36.4 Å². The minimum atomic E-state index is -4.07. The van der Waals surface area contributed by atoms with Gasteiger partial charge < -0.3 is 4.74 Å². The average Bonchev–Trinajstić information content (AvgIpc) is 2.74. The standard InChI is InChI=1S/C25H27F4NO/c1-2-3-17-8-10-20(11-9-17)21-14-22(26)24(23(27)15-21)25(28,29)31-13-12-18-4-6-19(16-30)7-5-18/h4-7,14-15,17,20H,2-3,8-13H2,1H3/t17-,20-. The molecule has 2 aromatic carbocycles. The van der Waals surface area contributed by atoms with Crippen molar-refractivity contribution in [2.24, 2.45) is 5.92 Å². The second-order valence-electron chi connectivity index (χ2n) is 8.29. The van der Waals surface area contributed by atoms with Crippen LogP contribution in [0.3, 0.4) is 0 Å². The summed E-state index contributed by atoms with van der Waals surface area (Å²) < 4.78 is 62.6. The van der Waals surface area contributed by atoms with Crippen molar-refractivity contribution in [2.75, 3.05) is 6.61 Å². The van der Waals surface area contributed by atoms with Gasteiger partial charge >= 0.3 is 6.11 Å². The highest BCUT2D eigenvalue weighted by molar-refractivity contribution is 5.32. The van der Waals surface area contributed by atoms with Crippen LogP contribution in [0.5, 0.6) is 0 Å². The number of ether oxygens (including phenoxy) is 1. The molecular formula is C25H27F4NO. The lowest BCUT2D eigenvalue weighted by Gasteiger charge is -2.29. The van der Waals surface area contributed by atoms with Crippen LogP contribution in [0.1, 0.15) is 73.6 Å². The van der Waals surface area contributed by atoms with E-state index in [0.717, 1.165) is 50.7 Å². The third kappa shape index (κ3) is 5.86. The minimum Gasteiger partial charge on any atom is -0.316 e. The summed E-state index contributed by atoms with van der Waals surface area (Å²) in [6.45, 7) is 1.73. The van der Waals surface area contributed by atoms with Crippen LogP contribution >= 0.6 is 0 Å². The van der Waals surface area contributed by atoms with Gasteiger partial charge in [-0.25, -0.2) is 8.78 Å². The zero-order valence-electron chi connectivity index (χ0n) is 17.6. The molecule has 0 aliphatic heterocycles. The van der Waals surface area contributed by atoms with Gasteiger partial charge in [0.25, 0.3) is 0 Å². The Hall–Kier alpha value is -2.39. The number of nitriles is 1. The van der Waals surface area contributed by atoms with Gasteiger partial charge in [-0.3, -0.25) is 0 Å². The maximum absolute atomic E-state index is 14.6. The summed E-state index contributed by atoms with van der Waals surface area (Å²) in [7, 11) is 0. The highest BCUT2D eigenvalue weighted by Crippen LogP contribution is 2.40. The third-order valence-electron chi connectivity index (χ3n) is 6.13. The van der Waals surface area contributed by atoms with Crippen molar-refractivity contribution in [2.45, 2.75) is 63.9 Å². The molecule has 2 nitrogen and oxygen atoms in total. The molecule has 6 heteroatoms. The van der Waals surface area contributed by atoms with E-state index in [-0.39, 0.29) is 12.3 Å². The average molecular weight is 433 g/mol. The summed E-state index contributed by atoms with van der Waals surface area (Å²) in [6, 6.07) is 10.5. The molecule has 1 saturated carbocycles. The van der Waals surface area contributed by atoms with Crippen molar-refractivity contribution >= 4 is 0 Å². The molecule has 0 aromatic heterocycles. The first-order chi connectivity index (χ1) is 14.8. The molecule has 31 heavy (non-hydrogen) atoms. The molecular weight excluding hydrogens is 406 g/mol.